The fourth-order valence-electron chi connectivity index (χ4n) is 2.07. The van der Waals surface area contributed by atoms with Gasteiger partial charge in [-0.2, -0.15) is 4.31 Å². The zero-order chi connectivity index (χ0) is 16.3. The van der Waals surface area contributed by atoms with E-state index < -0.39 is 21.8 Å². The molecule has 1 saturated carbocycles. The molecule has 1 aliphatic carbocycles. The maximum Gasteiger partial charge on any atom is 0.307 e. The monoisotopic (exact) mass is 349 g/mol. The average Bonchev–Trinajstić information content (AvgIpc) is 3.26. The van der Waals surface area contributed by atoms with Crippen LogP contribution in [0, 0.1) is 5.82 Å². The summed E-state index contributed by atoms with van der Waals surface area (Å²) in [6, 6.07) is 3.16. The largest absolute Gasteiger partial charge is 0.466 e. The minimum Gasteiger partial charge on any atom is -0.466 e. The molecule has 0 heterocycles. The molecule has 0 bridgehead atoms. The van der Waals surface area contributed by atoms with E-state index in [1.165, 1.54) is 10.4 Å². The van der Waals surface area contributed by atoms with Crippen LogP contribution in [0.25, 0.3) is 0 Å². The van der Waals surface area contributed by atoms with Crippen LogP contribution in [0.15, 0.2) is 23.1 Å². The zero-order valence-electron chi connectivity index (χ0n) is 12.1. The van der Waals surface area contributed by atoms with Gasteiger partial charge in [0, 0.05) is 12.6 Å². The molecule has 1 aliphatic rings. The van der Waals surface area contributed by atoms with Crippen molar-refractivity contribution in [2.45, 2.75) is 37.1 Å². The van der Waals surface area contributed by atoms with Gasteiger partial charge in [-0.15, -0.1) is 0 Å². The molecule has 0 spiro atoms. The van der Waals surface area contributed by atoms with Crippen LogP contribution in [0.2, 0.25) is 5.02 Å². The molecular formula is C14H17ClFNO4S. The van der Waals surface area contributed by atoms with Crippen molar-refractivity contribution in [3.8, 4) is 0 Å². The Morgan fingerprint density at radius 1 is 1.45 bits per heavy atom. The Hall–Kier alpha value is -1.18. The molecule has 0 amide bonds. The lowest BCUT2D eigenvalue weighted by molar-refractivity contribution is -0.143. The van der Waals surface area contributed by atoms with Gasteiger partial charge in [0.1, 0.15) is 5.82 Å². The molecule has 0 atom stereocenters. The number of carbonyl (C=O) groups excluding carboxylic acids is 1. The Balaban J connectivity index is 2.19. The first-order valence-electron chi connectivity index (χ1n) is 6.98. The Morgan fingerprint density at radius 3 is 2.68 bits per heavy atom. The molecule has 22 heavy (non-hydrogen) atoms. The highest BCUT2D eigenvalue weighted by molar-refractivity contribution is 7.89. The fourth-order valence-corrected chi connectivity index (χ4v) is 4.03. The first-order valence-corrected chi connectivity index (χ1v) is 8.80. The summed E-state index contributed by atoms with van der Waals surface area (Å²) < 4.78 is 44.6. The molecule has 0 saturated heterocycles. The van der Waals surface area contributed by atoms with Gasteiger partial charge in [0.05, 0.1) is 22.9 Å². The van der Waals surface area contributed by atoms with Crippen molar-refractivity contribution in [1.29, 1.82) is 0 Å². The van der Waals surface area contributed by atoms with E-state index in [-0.39, 0.29) is 35.5 Å². The van der Waals surface area contributed by atoms with Gasteiger partial charge >= 0.3 is 5.97 Å². The number of hydrogen-bond acceptors (Lipinski definition) is 4. The number of sulfonamides is 1. The smallest absolute Gasteiger partial charge is 0.307 e. The summed E-state index contributed by atoms with van der Waals surface area (Å²) in [7, 11) is -3.81. The lowest BCUT2D eigenvalue weighted by Crippen LogP contribution is -2.35. The van der Waals surface area contributed by atoms with Crippen LogP contribution in [0.1, 0.15) is 26.2 Å². The van der Waals surface area contributed by atoms with Crippen molar-refractivity contribution in [3.63, 3.8) is 0 Å². The highest BCUT2D eigenvalue weighted by Crippen LogP contribution is 2.33. The molecular weight excluding hydrogens is 333 g/mol. The lowest BCUT2D eigenvalue weighted by atomic mass is 10.3. The van der Waals surface area contributed by atoms with Crippen LogP contribution < -0.4 is 0 Å². The fraction of sp³-hybridized carbons (Fsp3) is 0.500. The van der Waals surface area contributed by atoms with E-state index in [0.717, 1.165) is 25.0 Å². The number of hydrogen-bond donors (Lipinski definition) is 0. The highest BCUT2D eigenvalue weighted by atomic mass is 35.5. The van der Waals surface area contributed by atoms with Crippen molar-refractivity contribution in [2.75, 3.05) is 13.2 Å². The molecule has 8 heteroatoms. The summed E-state index contributed by atoms with van der Waals surface area (Å²) in [6.45, 7) is 1.98. The van der Waals surface area contributed by atoms with E-state index in [0.29, 0.717) is 0 Å². The third-order valence-electron chi connectivity index (χ3n) is 3.29. The van der Waals surface area contributed by atoms with Gasteiger partial charge in [0.2, 0.25) is 10.0 Å². The van der Waals surface area contributed by atoms with Crippen LogP contribution in [0.5, 0.6) is 0 Å². The third-order valence-corrected chi connectivity index (χ3v) is 5.53. The summed E-state index contributed by atoms with van der Waals surface area (Å²) in [5.41, 5.74) is 0. The SMILES string of the molecule is CCOC(=O)CCN(C1CC1)S(=O)(=O)c1ccc(F)c(Cl)c1. The molecule has 122 valence electrons. The minimum atomic E-state index is -3.81. The Morgan fingerprint density at radius 2 is 2.14 bits per heavy atom. The predicted molar refractivity (Wildman–Crippen MR) is 79.6 cm³/mol. The normalized spacial score (nSPS) is 15.1. The van der Waals surface area contributed by atoms with E-state index in [1.807, 2.05) is 0 Å². The van der Waals surface area contributed by atoms with Crippen molar-refractivity contribution >= 4 is 27.6 Å². The maximum atomic E-state index is 13.2. The number of ether oxygens (including phenoxy) is 1. The molecule has 0 radical (unpaired) electrons. The maximum absolute atomic E-state index is 13.2. The van der Waals surface area contributed by atoms with Crippen molar-refractivity contribution in [2.24, 2.45) is 0 Å². The molecule has 2 rings (SSSR count). The first kappa shape index (κ1) is 17.2. The molecule has 1 aromatic rings. The summed E-state index contributed by atoms with van der Waals surface area (Å²) in [6.07, 6.45) is 1.48. The number of nitrogens with zero attached hydrogens (tertiary/aromatic N) is 1. The van der Waals surface area contributed by atoms with Gasteiger partial charge in [-0.05, 0) is 38.0 Å². The van der Waals surface area contributed by atoms with Gasteiger partial charge in [-0.3, -0.25) is 4.79 Å². The standard InChI is InChI=1S/C14H17ClFNO4S/c1-2-21-14(18)7-8-17(10-3-4-10)22(19,20)11-5-6-13(16)12(15)9-11/h5-6,9-10H,2-4,7-8H2,1H3. The minimum absolute atomic E-state index is 0.0154. The van der Waals surface area contributed by atoms with Gasteiger partial charge < -0.3 is 4.74 Å². The van der Waals surface area contributed by atoms with Crippen LogP contribution in [-0.4, -0.2) is 37.9 Å². The topological polar surface area (TPSA) is 63.7 Å². The number of halogens is 2. The third kappa shape index (κ3) is 3.97. The van der Waals surface area contributed by atoms with Crippen LogP contribution in [-0.2, 0) is 19.6 Å². The Labute approximate surface area is 134 Å². The number of rotatable bonds is 7. The summed E-state index contributed by atoms with van der Waals surface area (Å²) in [5, 5.41) is -0.248. The molecule has 0 unspecified atom stereocenters. The quantitative estimate of drug-likeness (QED) is 0.710. The number of esters is 1. The van der Waals surface area contributed by atoms with E-state index >= 15 is 0 Å². The predicted octanol–water partition coefficient (Wildman–Crippen LogP) is 2.59. The molecule has 0 aromatic heterocycles. The van der Waals surface area contributed by atoms with E-state index in [9.17, 15) is 17.6 Å². The molecule has 0 N–H and O–H groups in total. The summed E-state index contributed by atoms with van der Waals surface area (Å²) in [5.74, 6) is -1.12. The number of carbonyl (C=O) groups is 1. The molecule has 1 aromatic carbocycles. The Kier molecular flexibility index (Phi) is 5.41. The van der Waals surface area contributed by atoms with Crippen LogP contribution in [0.3, 0.4) is 0 Å². The molecule has 1 fully saturated rings. The van der Waals surface area contributed by atoms with Crippen molar-refractivity contribution in [1.82, 2.24) is 4.31 Å². The molecule has 0 aliphatic heterocycles. The van der Waals surface area contributed by atoms with E-state index in [4.69, 9.17) is 16.3 Å². The van der Waals surface area contributed by atoms with E-state index in [2.05, 4.69) is 0 Å². The van der Waals surface area contributed by atoms with Gasteiger partial charge in [-0.1, -0.05) is 11.6 Å². The first-order chi connectivity index (χ1) is 10.4. The second-order valence-corrected chi connectivity index (χ2v) is 7.28. The van der Waals surface area contributed by atoms with Crippen LogP contribution >= 0.6 is 11.6 Å². The van der Waals surface area contributed by atoms with Gasteiger partial charge in [-0.25, -0.2) is 12.8 Å². The second-order valence-electron chi connectivity index (χ2n) is 4.98. The van der Waals surface area contributed by atoms with Crippen LogP contribution in [0.4, 0.5) is 4.39 Å². The highest BCUT2D eigenvalue weighted by Gasteiger charge is 2.38. The zero-order valence-corrected chi connectivity index (χ0v) is 13.7. The average molecular weight is 350 g/mol. The lowest BCUT2D eigenvalue weighted by Gasteiger charge is -2.21. The summed E-state index contributed by atoms with van der Waals surface area (Å²) >= 11 is 5.66. The van der Waals surface area contributed by atoms with E-state index in [1.54, 1.807) is 6.92 Å². The van der Waals surface area contributed by atoms with Crippen molar-refractivity contribution in [3.05, 3.63) is 29.0 Å². The second kappa shape index (κ2) is 6.93. The molecule has 5 nitrogen and oxygen atoms in total. The van der Waals surface area contributed by atoms with Crippen molar-refractivity contribution < 1.29 is 22.3 Å². The Bertz CT molecular complexity index is 661. The number of benzene rings is 1. The summed E-state index contributed by atoms with van der Waals surface area (Å²) in [4.78, 5) is 11.4. The van der Waals surface area contributed by atoms with Gasteiger partial charge in [0.15, 0.2) is 0 Å². The van der Waals surface area contributed by atoms with Gasteiger partial charge in [0.25, 0.3) is 0 Å².